The Balaban J connectivity index is 1.92. The van der Waals surface area contributed by atoms with E-state index in [1.165, 1.54) is 11.3 Å². The van der Waals surface area contributed by atoms with E-state index in [1.54, 1.807) is 0 Å². The van der Waals surface area contributed by atoms with Crippen LogP contribution in [0, 0.1) is 0 Å². The van der Waals surface area contributed by atoms with E-state index < -0.39 is 0 Å². The molecule has 1 saturated heterocycles. The van der Waals surface area contributed by atoms with E-state index in [0.717, 1.165) is 38.9 Å². The van der Waals surface area contributed by atoms with Gasteiger partial charge in [-0.3, -0.25) is 4.68 Å². The Labute approximate surface area is 95.8 Å². The standard InChI is InChI=1S/C12H19N3O/c1-15-8-10(12(13)4-5-12)11(14-15)9-2-6-16-7-3-9/h8-9H,2-7,13H2,1H3. The molecule has 0 aromatic carbocycles. The molecule has 2 N–H and O–H groups in total. The van der Waals surface area contributed by atoms with E-state index in [0.29, 0.717) is 5.92 Å². The number of nitrogens with two attached hydrogens (primary N) is 1. The first-order chi connectivity index (χ1) is 7.69. The minimum atomic E-state index is -0.0676. The molecule has 2 heterocycles. The molecule has 2 fully saturated rings. The Bertz CT molecular complexity index is 389. The Morgan fingerprint density at radius 2 is 2.12 bits per heavy atom. The van der Waals surface area contributed by atoms with Crippen LogP contribution in [0.5, 0.6) is 0 Å². The van der Waals surface area contributed by atoms with Gasteiger partial charge < -0.3 is 10.5 Å². The Morgan fingerprint density at radius 3 is 2.75 bits per heavy atom. The molecule has 4 nitrogen and oxygen atoms in total. The smallest absolute Gasteiger partial charge is 0.0707 e. The first kappa shape index (κ1) is 10.3. The highest BCUT2D eigenvalue weighted by molar-refractivity contribution is 5.34. The van der Waals surface area contributed by atoms with Crippen LogP contribution in [0.4, 0.5) is 0 Å². The van der Waals surface area contributed by atoms with Crippen LogP contribution >= 0.6 is 0 Å². The molecule has 1 aliphatic carbocycles. The highest BCUT2D eigenvalue weighted by Gasteiger charge is 2.44. The zero-order chi connectivity index (χ0) is 11.2. The van der Waals surface area contributed by atoms with Crippen molar-refractivity contribution in [3.63, 3.8) is 0 Å². The van der Waals surface area contributed by atoms with E-state index >= 15 is 0 Å². The van der Waals surface area contributed by atoms with Gasteiger partial charge in [-0.15, -0.1) is 0 Å². The van der Waals surface area contributed by atoms with Gasteiger partial charge in [0.25, 0.3) is 0 Å². The fraction of sp³-hybridized carbons (Fsp3) is 0.750. The molecule has 1 aliphatic heterocycles. The quantitative estimate of drug-likeness (QED) is 0.818. The fourth-order valence-corrected chi connectivity index (χ4v) is 2.57. The molecule has 88 valence electrons. The van der Waals surface area contributed by atoms with Crippen LogP contribution in [0.15, 0.2) is 6.20 Å². The summed E-state index contributed by atoms with van der Waals surface area (Å²) in [7, 11) is 1.98. The zero-order valence-corrected chi connectivity index (χ0v) is 9.78. The Kier molecular flexibility index (Phi) is 2.30. The van der Waals surface area contributed by atoms with Crippen LogP contribution in [0.1, 0.15) is 42.9 Å². The van der Waals surface area contributed by atoms with Crippen LogP contribution in [-0.2, 0) is 17.3 Å². The predicted octanol–water partition coefficient (Wildman–Crippen LogP) is 1.26. The number of hydrogen-bond donors (Lipinski definition) is 1. The largest absolute Gasteiger partial charge is 0.381 e. The molecule has 4 heteroatoms. The molecule has 0 radical (unpaired) electrons. The van der Waals surface area contributed by atoms with Gasteiger partial charge in [0.15, 0.2) is 0 Å². The second-order valence-electron chi connectivity index (χ2n) is 5.14. The molecule has 0 amide bonds. The SMILES string of the molecule is Cn1cc(C2(N)CC2)c(C2CCOCC2)n1. The molecule has 0 atom stereocenters. The van der Waals surface area contributed by atoms with E-state index in [-0.39, 0.29) is 5.54 Å². The van der Waals surface area contributed by atoms with Gasteiger partial charge in [-0.05, 0) is 25.7 Å². The predicted molar refractivity (Wildman–Crippen MR) is 61.1 cm³/mol. The summed E-state index contributed by atoms with van der Waals surface area (Å²) in [4.78, 5) is 0. The van der Waals surface area contributed by atoms with Crippen molar-refractivity contribution in [3.8, 4) is 0 Å². The minimum absolute atomic E-state index is 0.0676. The van der Waals surface area contributed by atoms with Crippen molar-refractivity contribution in [1.29, 1.82) is 0 Å². The van der Waals surface area contributed by atoms with Crippen LogP contribution in [-0.4, -0.2) is 23.0 Å². The lowest BCUT2D eigenvalue weighted by molar-refractivity contribution is 0.0841. The molecule has 0 spiro atoms. The summed E-state index contributed by atoms with van der Waals surface area (Å²) in [5.41, 5.74) is 8.74. The van der Waals surface area contributed by atoms with E-state index in [1.807, 2.05) is 11.7 Å². The van der Waals surface area contributed by atoms with Crippen LogP contribution < -0.4 is 5.73 Å². The maximum absolute atomic E-state index is 6.30. The van der Waals surface area contributed by atoms with Crippen molar-refractivity contribution in [2.24, 2.45) is 12.8 Å². The third kappa shape index (κ3) is 1.66. The number of aryl methyl sites for hydroxylation is 1. The molecule has 1 aromatic rings. The summed E-state index contributed by atoms with van der Waals surface area (Å²) in [5, 5.41) is 4.62. The molecule has 16 heavy (non-hydrogen) atoms. The van der Waals surface area contributed by atoms with Gasteiger partial charge in [0, 0.05) is 43.5 Å². The number of rotatable bonds is 2. The first-order valence-corrected chi connectivity index (χ1v) is 6.10. The van der Waals surface area contributed by atoms with Gasteiger partial charge in [-0.25, -0.2) is 0 Å². The summed E-state index contributed by atoms with van der Waals surface area (Å²) < 4.78 is 7.31. The van der Waals surface area contributed by atoms with Crippen molar-refractivity contribution >= 4 is 0 Å². The Morgan fingerprint density at radius 1 is 1.44 bits per heavy atom. The van der Waals surface area contributed by atoms with Crippen molar-refractivity contribution < 1.29 is 4.74 Å². The fourth-order valence-electron chi connectivity index (χ4n) is 2.57. The van der Waals surface area contributed by atoms with Gasteiger partial charge in [0.1, 0.15) is 0 Å². The molecular formula is C12H19N3O. The average molecular weight is 221 g/mol. The lowest BCUT2D eigenvalue weighted by Crippen LogP contribution is -2.23. The molecule has 1 aromatic heterocycles. The summed E-state index contributed by atoms with van der Waals surface area (Å²) in [5.74, 6) is 0.547. The highest BCUT2D eigenvalue weighted by Crippen LogP contribution is 2.46. The molecular weight excluding hydrogens is 202 g/mol. The lowest BCUT2D eigenvalue weighted by Gasteiger charge is -2.22. The van der Waals surface area contributed by atoms with E-state index in [4.69, 9.17) is 10.5 Å². The van der Waals surface area contributed by atoms with Crippen LogP contribution in [0.2, 0.25) is 0 Å². The molecule has 1 saturated carbocycles. The first-order valence-electron chi connectivity index (χ1n) is 6.10. The number of nitrogens with zero attached hydrogens (tertiary/aromatic N) is 2. The third-order valence-corrected chi connectivity index (χ3v) is 3.79. The van der Waals surface area contributed by atoms with E-state index in [9.17, 15) is 0 Å². The lowest BCUT2D eigenvalue weighted by atomic mass is 9.91. The molecule has 0 unspecified atom stereocenters. The van der Waals surface area contributed by atoms with E-state index in [2.05, 4.69) is 11.3 Å². The van der Waals surface area contributed by atoms with Crippen LogP contribution in [0.25, 0.3) is 0 Å². The Hall–Kier alpha value is -0.870. The second kappa shape index (κ2) is 3.57. The van der Waals surface area contributed by atoms with Gasteiger partial charge in [-0.2, -0.15) is 5.10 Å². The third-order valence-electron chi connectivity index (χ3n) is 3.79. The normalized spacial score (nSPS) is 24.6. The molecule has 3 rings (SSSR count). The highest BCUT2D eigenvalue weighted by atomic mass is 16.5. The number of aromatic nitrogens is 2. The molecule has 2 aliphatic rings. The maximum atomic E-state index is 6.30. The maximum Gasteiger partial charge on any atom is 0.0707 e. The number of hydrogen-bond acceptors (Lipinski definition) is 3. The summed E-state index contributed by atoms with van der Waals surface area (Å²) in [6.07, 6.45) is 6.49. The van der Waals surface area contributed by atoms with Gasteiger partial charge in [0.05, 0.1) is 5.69 Å². The van der Waals surface area contributed by atoms with Gasteiger partial charge in [0.2, 0.25) is 0 Å². The van der Waals surface area contributed by atoms with Crippen molar-refractivity contribution in [1.82, 2.24) is 9.78 Å². The topological polar surface area (TPSA) is 53.1 Å². The van der Waals surface area contributed by atoms with Crippen molar-refractivity contribution in [2.75, 3.05) is 13.2 Å². The van der Waals surface area contributed by atoms with Crippen molar-refractivity contribution in [3.05, 3.63) is 17.5 Å². The summed E-state index contributed by atoms with van der Waals surface area (Å²) in [6, 6.07) is 0. The monoisotopic (exact) mass is 221 g/mol. The van der Waals surface area contributed by atoms with Crippen molar-refractivity contribution in [2.45, 2.75) is 37.1 Å². The minimum Gasteiger partial charge on any atom is -0.381 e. The average Bonchev–Trinajstić information content (AvgIpc) is 2.91. The van der Waals surface area contributed by atoms with Gasteiger partial charge >= 0.3 is 0 Å². The summed E-state index contributed by atoms with van der Waals surface area (Å²) in [6.45, 7) is 1.72. The number of ether oxygens (including phenoxy) is 1. The summed E-state index contributed by atoms with van der Waals surface area (Å²) >= 11 is 0. The van der Waals surface area contributed by atoms with Gasteiger partial charge in [-0.1, -0.05) is 0 Å². The second-order valence-corrected chi connectivity index (χ2v) is 5.14. The molecule has 0 bridgehead atoms. The zero-order valence-electron chi connectivity index (χ0n) is 9.78. The van der Waals surface area contributed by atoms with Crippen LogP contribution in [0.3, 0.4) is 0 Å².